The number of nitrogens with one attached hydrogen (secondary N) is 3. The van der Waals surface area contributed by atoms with Gasteiger partial charge in [0.05, 0.1) is 6.04 Å². The Bertz CT molecular complexity index is 568. The quantitative estimate of drug-likeness (QED) is 0.219. The van der Waals surface area contributed by atoms with Crippen molar-refractivity contribution < 1.29 is 29.1 Å². The van der Waals surface area contributed by atoms with Crippen molar-refractivity contribution in [1.82, 2.24) is 16.0 Å². The number of hydrogen-bond donors (Lipinski definition) is 6. The number of nitrogens with two attached hydrogens (primary N) is 2. The largest absolute Gasteiger partial charge is 0.480 e. The van der Waals surface area contributed by atoms with E-state index in [1.165, 1.54) is 6.92 Å². The number of hydrogen-bond acceptors (Lipinski definition) is 6. The molecule has 0 radical (unpaired) electrons. The van der Waals surface area contributed by atoms with E-state index in [-0.39, 0.29) is 18.8 Å². The van der Waals surface area contributed by atoms with Crippen LogP contribution in [0.25, 0.3) is 0 Å². The van der Waals surface area contributed by atoms with Gasteiger partial charge in [-0.15, -0.1) is 0 Å². The van der Waals surface area contributed by atoms with Gasteiger partial charge in [0.25, 0.3) is 0 Å². The average molecular weight is 387 g/mol. The second kappa shape index (κ2) is 11.8. The highest BCUT2D eigenvalue weighted by atomic mass is 16.4. The van der Waals surface area contributed by atoms with Gasteiger partial charge in [0, 0.05) is 6.42 Å². The van der Waals surface area contributed by atoms with Gasteiger partial charge < -0.3 is 32.5 Å². The molecule has 0 spiro atoms. The Labute approximate surface area is 157 Å². The first-order valence-corrected chi connectivity index (χ1v) is 8.63. The number of carbonyl (C=O) groups is 5. The molecule has 0 bridgehead atoms. The SMILES string of the molecule is CCC(C)C(NC(=O)C(N)CCC(N)=O)C(=O)NC(C)C(=O)NCC(=O)O. The Balaban J connectivity index is 4.90. The van der Waals surface area contributed by atoms with Gasteiger partial charge in [-0.05, 0) is 19.3 Å². The van der Waals surface area contributed by atoms with Gasteiger partial charge >= 0.3 is 5.97 Å². The lowest BCUT2D eigenvalue weighted by molar-refractivity contribution is -0.138. The van der Waals surface area contributed by atoms with Gasteiger partial charge in [0.2, 0.25) is 23.6 Å². The maximum absolute atomic E-state index is 12.5. The van der Waals surface area contributed by atoms with Crippen LogP contribution >= 0.6 is 0 Å². The van der Waals surface area contributed by atoms with Gasteiger partial charge in [-0.1, -0.05) is 20.3 Å². The molecule has 4 atom stereocenters. The average Bonchev–Trinajstić information content (AvgIpc) is 2.60. The van der Waals surface area contributed by atoms with Crippen LogP contribution in [0.15, 0.2) is 0 Å². The number of primary amides is 1. The molecule has 0 rings (SSSR count). The maximum Gasteiger partial charge on any atom is 0.322 e. The highest BCUT2D eigenvalue weighted by molar-refractivity contribution is 5.93. The first-order chi connectivity index (χ1) is 12.5. The van der Waals surface area contributed by atoms with Gasteiger partial charge in [-0.2, -0.15) is 0 Å². The summed E-state index contributed by atoms with van der Waals surface area (Å²) < 4.78 is 0. The van der Waals surface area contributed by atoms with E-state index in [9.17, 15) is 24.0 Å². The summed E-state index contributed by atoms with van der Waals surface area (Å²) >= 11 is 0. The Kier molecular flexibility index (Phi) is 10.7. The van der Waals surface area contributed by atoms with Crippen molar-refractivity contribution in [3.8, 4) is 0 Å². The van der Waals surface area contributed by atoms with Crippen LogP contribution in [-0.4, -0.2) is 59.4 Å². The smallest absolute Gasteiger partial charge is 0.322 e. The topological polar surface area (TPSA) is 194 Å². The Morgan fingerprint density at radius 1 is 1.00 bits per heavy atom. The zero-order valence-electron chi connectivity index (χ0n) is 15.8. The van der Waals surface area contributed by atoms with Crippen molar-refractivity contribution in [3.63, 3.8) is 0 Å². The molecule has 4 amide bonds. The summed E-state index contributed by atoms with van der Waals surface area (Å²) in [5, 5.41) is 15.7. The van der Waals surface area contributed by atoms with Gasteiger partial charge in [0.1, 0.15) is 18.6 Å². The van der Waals surface area contributed by atoms with Crippen molar-refractivity contribution in [2.45, 2.75) is 58.2 Å². The number of carboxylic acid groups (broad SMARTS) is 1. The maximum atomic E-state index is 12.5. The predicted molar refractivity (Wildman–Crippen MR) is 96.0 cm³/mol. The van der Waals surface area contributed by atoms with Crippen molar-refractivity contribution in [1.29, 1.82) is 0 Å². The normalized spacial score (nSPS) is 15.0. The lowest BCUT2D eigenvalue weighted by atomic mass is 9.97. The second-order valence-corrected chi connectivity index (χ2v) is 6.33. The summed E-state index contributed by atoms with van der Waals surface area (Å²) in [5.74, 6) is -3.94. The number of amides is 4. The zero-order valence-corrected chi connectivity index (χ0v) is 15.8. The molecular formula is C16H29N5O6. The first kappa shape index (κ1) is 24.3. The molecule has 4 unspecified atom stereocenters. The number of rotatable bonds is 12. The lowest BCUT2D eigenvalue weighted by Gasteiger charge is -2.26. The van der Waals surface area contributed by atoms with E-state index in [1.54, 1.807) is 6.92 Å². The minimum absolute atomic E-state index is 0.0456. The van der Waals surface area contributed by atoms with Gasteiger partial charge in [-0.25, -0.2) is 0 Å². The molecule has 27 heavy (non-hydrogen) atoms. The molecule has 0 fully saturated rings. The number of carbonyl (C=O) groups excluding carboxylic acids is 4. The molecule has 8 N–H and O–H groups in total. The molecular weight excluding hydrogens is 358 g/mol. The fraction of sp³-hybridized carbons (Fsp3) is 0.688. The van der Waals surface area contributed by atoms with Crippen molar-refractivity contribution in [2.75, 3.05) is 6.54 Å². The van der Waals surface area contributed by atoms with Gasteiger partial charge in [-0.3, -0.25) is 24.0 Å². The van der Waals surface area contributed by atoms with Crippen molar-refractivity contribution in [2.24, 2.45) is 17.4 Å². The third-order valence-electron chi connectivity index (χ3n) is 4.00. The van der Waals surface area contributed by atoms with E-state index < -0.39 is 54.3 Å². The number of carboxylic acids is 1. The minimum Gasteiger partial charge on any atom is -0.480 e. The van der Waals surface area contributed by atoms with E-state index in [1.807, 2.05) is 6.92 Å². The minimum atomic E-state index is -1.21. The van der Waals surface area contributed by atoms with Crippen LogP contribution in [0, 0.1) is 5.92 Å². The molecule has 0 aromatic heterocycles. The fourth-order valence-electron chi connectivity index (χ4n) is 2.08. The summed E-state index contributed by atoms with van der Waals surface area (Å²) in [5.41, 5.74) is 10.7. The third-order valence-corrected chi connectivity index (χ3v) is 4.00. The summed E-state index contributed by atoms with van der Waals surface area (Å²) in [6.45, 7) is 4.39. The van der Waals surface area contributed by atoms with Crippen LogP contribution in [0.5, 0.6) is 0 Å². The Morgan fingerprint density at radius 2 is 1.59 bits per heavy atom. The highest BCUT2D eigenvalue weighted by Gasteiger charge is 2.29. The lowest BCUT2D eigenvalue weighted by Crippen LogP contribution is -2.57. The summed E-state index contributed by atoms with van der Waals surface area (Å²) in [7, 11) is 0. The van der Waals surface area contributed by atoms with Crippen LogP contribution < -0.4 is 27.4 Å². The summed E-state index contributed by atoms with van der Waals surface area (Å²) in [4.78, 5) is 57.7. The van der Waals surface area contributed by atoms with Crippen LogP contribution in [0.2, 0.25) is 0 Å². The Morgan fingerprint density at radius 3 is 2.07 bits per heavy atom. The van der Waals surface area contributed by atoms with Crippen LogP contribution in [0.1, 0.15) is 40.0 Å². The predicted octanol–water partition coefficient (Wildman–Crippen LogP) is -2.18. The summed E-state index contributed by atoms with van der Waals surface area (Å²) in [6.07, 6.45) is 0.550. The zero-order chi connectivity index (χ0) is 21.1. The second-order valence-electron chi connectivity index (χ2n) is 6.33. The van der Waals surface area contributed by atoms with E-state index in [4.69, 9.17) is 16.6 Å². The molecule has 0 aliphatic heterocycles. The van der Waals surface area contributed by atoms with Gasteiger partial charge in [0.15, 0.2) is 0 Å². The summed E-state index contributed by atoms with van der Waals surface area (Å²) in [6, 6.07) is -2.95. The van der Waals surface area contributed by atoms with E-state index in [2.05, 4.69) is 16.0 Å². The monoisotopic (exact) mass is 387 g/mol. The van der Waals surface area contributed by atoms with E-state index in [0.29, 0.717) is 6.42 Å². The molecule has 0 aromatic rings. The molecule has 0 heterocycles. The fourth-order valence-corrected chi connectivity index (χ4v) is 2.08. The molecule has 11 nitrogen and oxygen atoms in total. The Hall–Kier alpha value is -2.69. The molecule has 0 aliphatic rings. The molecule has 11 heteroatoms. The number of aliphatic carboxylic acids is 1. The molecule has 0 aliphatic carbocycles. The molecule has 0 saturated heterocycles. The van der Waals surface area contributed by atoms with E-state index in [0.717, 1.165) is 0 Å². The third kappa shape index (κ3) is 9.54. The van der Waals surface area contributed by atoms with Crippen LogP contribution in [0.3, 0.4) is 0 Å². The van der Waals surface area contributed by atoms with Crippen molar-refractivity contribution >= 4 is 29.6 Å². The molecule has 154 valence electrons. The van der Waals surface area contributed by atoms with Crippen LogP contribution in [0.4, 0.5) is 0 Å². The van der Waals surface area contributed by atoms with Crippen molar-refractivity contribution in [3.05, 3.63) is 0 Å². The van der Waals surface area contributed by atoms with E-state index >= 15 is 0 Å². The molecule has 0 saturated carbocycles. The van der Waals surface area contributed by atoms with Crippen LogP contribution in [-0.2, 0) is 24.0 Å². The highest BCUT2D eigenvalue weighted by Crippen LogP contribution is 2.09. The standard InChI is InChI=1S/C16H29N5O6/c1-4-8(2)13(21-15(26)10(17)5-6-11(18)22)16(27)20-9(3)14(25)19-7-12(23)24/h8-10,13H,4-7,17H2,1-3H3,(H2,18,22)(H,19,25)(H,20,27)(H,21,26)(H,23,24). The molecule has 0 aromatic carbocycles. The first-order valence-electron chi connectivity index (χ1n) is 8.63.